The number of allylic oxidation sites excluding steroid dienone is 1. The summed E-state index contributed by atoms with van der Waals surface area (Å²) in [7, 11) is -0.299. The number of rotatable bonds is 10. The van der Waals surface area contributed by atoms with E-state index in [4.69, 9.17) is 28.1 Å². The van der Waals surface area contributed by atoms with Crippen molar-refractivity contribution in [3.63, 3.8) is 0 Å². The van der Waals surface area contributed by atoms with Crippen molar-refractivity contribution >= 4 is 14.3 Å². The second-order valence-electron chi connectivity index (χ2n) is 12.7. The van der Waals surface area contributed by atoms with Crippen molar-refractivity contribution in [1.82, 2.24) is 0 Å². The summed E-state index contributed by atoms with van der Waals surface area (Å²) in [6.45, 7) is 8.94. The van der Waals surface area contributed by atoms with Crippen LogP contribution in [0.3, 0.4) is 0 Å². The molecule has 0 bridgehead atoms. The molecular formula is C32H40O7Si. The SMILES string of the molecule is COc1ccc(CO[C@H]2C[C@@H]3C(=O)OC[C@@]34C(O[Si](C)(C)C)=CC[C@@]3(COCc5ccccc5)CO[C@@H]2[C@@H]34)cc1. The van der Waals surface area contributed by atoms with E-state index in [9.17, 15) is 4.79 Å². The Labute approximate surface area is 237 Å². The lowest BCUT2D eigenvalue weighted by Gasteiger charge is -2.55. The molecule has 0 N–H and O–H groups in total. The second-order valence-corrected chi connectivity index (χ2v) is 17.1. The van der Waals surface area contributed by atoms with E-state index in [2.05, 4.69) is 37.8 Å². The van der Waals surface area contributed by atoms with Gasteiger partial charge in [0.15, 0.2) is 0 Å². The summed E-state index contributed by atoms with van der Waals surface area (Å²) >= 11 is 0. The minimum Gasteiger partial charge on any atom is -0.547 e. The fourth-order valence-corrected chi connectivity index (χ4v) is 8.23. The molecule has 8 heteroatoms. The molecule has 2 heterocycles. The molecule has 1 saturated carbocycles. The van der Waals surface area contributed by atoms with Gasteiger partial charge >= 0.3 is 5.97 Å². The van der Waals surface area contributed by atoms with E-state index < -0.39 is 13.7 Å². The maximum Gasteiger partial charge on any atom is 0.310 e. The number of ether oxygens (including phenoxy) is 5. The first-order valence-corrected chi connectivity index (χ1v) is 17.7. The Kier molecular flexibility index (Phi) is 7.31. The lowest BCUT2D eigenvalue weighted by Crippen LogP contribution is -2.61. The van der Waals surface area contributed by atoms with Gasteiger partial charge in [-0.15, -0.1) is 0 Å². The highest BCUT2D eigenvalue weighted by atomic mass is 28.4. The molecule has 40 heavy (non-hydrogen) atoms. The van der Waals surface area contributed by atoms with Crippen LogP contribution in [0.4, 0.5) is 0 Å². The van der Waals surface area contributed by atoms with Crippen molar-refractivity contribution < 1.29 is 32.9 Å². The lowest BCUT2D eigenvalue weighted by molar-refractivity contribution is -0.157. The summed E-state index contributed by atoms with van der Waals surface area (Å²) in [5.41, 5.74) is 1.33. The normalized spacial score (nSPS) is 32.6. The fraction of sp³-hybridized carbons (Fsp3) is 0.531. The van der Waals surface area contributed by atoms with Crippen LogP contribution in [-0.4, -0.2) is 53.4 Å². The van der Waals surface area contributed by atoms with Gasteiger partial charge < -0.3 is 28.1 Å². The number of methoxy groups -OCH3 is 1. The Hall–Kier alpha value is -2.65. The van der Waals surface area contributed by atoms with Crippen LogP contribution in [0.25, 0.3) is 0 Å². The summed E-state index contributed by atoms with van der Waals surface area (Å²) < 4.78 is 37.6. The predicted octanol–water partition coefficient (Wildman–Crippen LogP) is 5.50. The first-order valence-electron chi connectivity index (χ1n) is 14.3. The zero-order valence-corrected chi connectivity index (χ0v) is 24.9. The summed E-state index contributed by atoms with van der Waals surface area (Å²) in [4.78, 5) is 13.4. The number of carbonyl (C=O) groups is 1. The van der Waals surface area contributed by atoms with Crippen LogP contribution in [0.2, 0.25) is 19.6 Å². The zero-order valence-electron chi connectivity index (χ0n) is 23.9. The number of carbonyl (C=O) groups excluding carboxylic acids is 1. The van der Waals surface area contributed by atoms with Gasteiger partial charge in [0.05, 0.1) is 62.8 Å². The summed E-state index contributed by atoms with van der Waals surface area (Å²) in [5.74, 6) is 1.22. The van der Waals surface area contributed by atoms with Crippen molar-refractivity contribution in [2.45, 2.75) is 57.9 Å². The monoisotopic (exact) mass is 564 g/mol. The summed E-state index contributed by atoms with van der Waals surface area (Å²) in [6.07, 6.45) is 3.12. The van der Waals surface area contributed by atoms with Crippen molar-refractivity contribution in [1.29, 1.82) is 0 Å². The third-order valence-corrected chi connectivity index (χ3v) is 9.83. The van der Waals surface area contributed by atoms with Gasteiger partial charge in [0.2, 0.25) is 8.32 Å². The molecule has 2 aliphatic heterocycles. The number of esters is 1. The first-order chi connectivity index (χ1) is 19.2. The summed E-state index contributed by atoms with van der Waals surface area (Å²) in [6, 6.07) is 18.1. The van der Waals surface area contributed by atoms with E-state index in [-0.39, 0.29) is 35.4 Å². The highest BCUT2D eigenvalue weighted by Crippen LogP contribution is 2.66. The van der Waals surface area contributed by atoms with E-state index in [1.54, 1.807) is 7.11 Å². The Bertz CT molecular complexity index is 1240. The Morgan fingerprint density at radius 1 is 0.975 bits per heavy atom. The molecule has 6 rings (SSSR count). The molecule has 0 unspecified atom stereocenters. The molecule has 214 valence electrons. The van der Waals surface area contributed by atoms with Crippen LogP contribution in [0.5, 0.6) is 5.75 Å². The van der Waals surface area contributed by atoms with Gasteiger partial charge in [-0.1, -0.05) is 42.5 Å². The van der Waals surface area contributed by atoms with Crippen LogP contribution in [0.15, 0.2) is 66.4 Å². The smallest absolute Gasteiger partial charge is 0.310 e. The minimum atomic E-state index is -1.96. The molecule has 1 spiro atoms. The van der Waals surface area contributed by atoms with Gasteiger partial charge in [-0.25, -0.2) is 0 Å². The largest absolute Gasteiger partial charge is 0.547 e. The third kappa shape index (κ3) is 4.89. The Morgan fingerprint density at radius 3 is 2.45 bits per heavy atom. The van der Waals surface area contributed by atoms with Gasteiger partial charge in [0.1, 0.15) is 12.4 Å². The van der Waals surface area contributed by atoms with E-state index in [1.807, 2.05) is 42.5 Å². The number of benzene rings is 2. The molecule has 2 aromatic carbocycles. The van der Waals surface area contributed by atoms with E-state index in [1.165, 1.54) is 0 Å². The van der Waals surface area contributed by atoms with Crippen molar-refractivity contribution in [2.75, 3.05) is 26.9 Å². The Morgan fingerprint density at radius 2 is 1.73 bits per heavy atom. The fourth-order valence-electron chi connectivity index (χ4n) is 7.30. The van der Waals surface area contributed by atoms with Crippen molar-refractivity contribution in [3.05, 3.63) is 77.6 Å². The minimum absolute atomic E-state index is 0.0156. The average molecular weight is 565 g/mol. The maximum absolute atomic E-state index is 13.4. The van der Waals surface area contributed by atoms with Crippen molar-refractivity contribution in [3.8, 4) is 5.75 Å². The highest BCUT2D eigenvalue weighted by Gasteiger charge is 2.73. The van der Waals surface area contributed by atoms with Gasteiger partial charge in [-0.3, -0.25) is 4.79 Å². The average Bonchev–Trinajstić information content (AvgIpc) is 3.49. The standard InChI is InChI=1S/C32H40O7Si/c1-34-24-12-10-23(11-13-24)18-36-26-16-25-30(33)38-21-32(25)27(39-40(2,3)4)14-15-31(20-37-28(26)29(31)32)19-35-17-22-8-6-5-7-9-22/h5-14,25-26,28-29H,15-21H2,1-4H3/t25-,26+,28+,29+,31-,32+/m1/s1. The van der Waals surface area contributed by atoms with E-state index >= 15 is 0 Å². The van der Waals surface area contributed by atoms with Crippen LogP contribution >= 0.6 is 0 Å². The molecular weight excluding hydrogens is 524 g/mol. The molecule has 0 radical (unpaired) electrons. The number of hydrogen-bond acceptors (Lipinski definition) is 7. The molecule has 2 aliphatic carbocycles. The zero-order chi connectivity index (χ0) is 28.0. The second kappa shape index (κ2) is 10.6. The van der Waals surface area contributed by atoms with Crippen LogP contribution in [0.1, 0.15) is 24.0 Å². The molecule has 6 atom stereocenters. The van der Waals surface area contributed by atoms with Gasteiger partial charge in [0, 0.05) is 11.3 Å². The lowest BCUT2D eigenvalue weighted by atomic mass is 9.49. The molecule has 3 fully saturated rings. The molecule has 0 amide bonds. The third-order valence-electron chi connectivity index (χ3n) is 8.99. The van der Waals surface area contributed by atoms with Crippen LogP contribution in [-0.2, 0) is 41.4 Å². The number of hydrogen-bond donors (Lipinski definition) is 0. The predicted molar refractivity (Wildman–Crippen MR) is 152 cm³/mol. The van der Waals surface area contributed by atoms with Gasteiger partial charge in [-0.2, -0.15) is 0 Å². The molecule has 7 nitrogen and oxygen atoms in total. The van der Waals surface area contributed by atoms with Gasteiger partial charge in [-0.05, 0) is 61.8 Å². The molecule has 2 saturated heterocycles. The topological polar surface area (TPSA) is 72.5 Å². The molecule has 0 aromatic heterocycles. The first kappa shape index (κ1) is 27.5. The van der Waals surface area contributed by atoms with Crippen LogP contribution < -0.4 is 4.74 Å². The van der Waals surface area contributed by atoms with Gasteiger partial charge in [0.25, 0.3) is 0 Å². The van der Waals surface area contributed by atoms with E-state index in [0.29, 0.717) is 39.5 Å². The maximum atomic E-state index is 13.4. The van der Waals surface area contributed by atoms with E-state index in [0.717, 1.165) is 29.1 Å². The number of cyclic esters (lactones) is 1. The molecule has 2 aromatic rings. The van der Waals surface area contributed by atoms with Crippen LogP contribution in [0, 0.1) is 22.7 Å². The molecule has 4 aliphatic rings. The summed E-state index contributed by atoms with van der Waals surface area (Å²) in [5, 5.41) is 0. The van der Waals surface area contributed by atoms with Crippen molar-refractivity contribution in [2.24, 2.45) is 22.7 Å². The Balaban J connectivity index is 1.31. The highest BCUT2D eigenvalue weighted by molar-refractivity contribution is 6.70. The quantitative estimate of drug-likeness (QED) is 0.279.